The highest BCUT2D eigenvalue weighted by Gasteiger charge is 2.15. The number of nitrogens with one attached hydrogen (secondary N) is 2. The molecular weight excluding hydrogens is 512 g/mol. The predicted molar refractivity (Wildman–Crippen MR) is 152 cm³/mol. The molecule has 4 aromatic rings. The van der Waals surface area contributed by atoms with Crippen molar-refractivity contribution in [3.63, 3.8) is 0 Å². The van der Waals surface area contributed by atoms with E-state index in [1.54, 1.807) is 48.7 Å². The lowest BCUT2D eigenvalue weighted by molar-refractivity contribution is -0.138. The van der Waals surface area contributed by atoms with Crippen molar-refractivity contribution in [1.82, 2.24) is 4.98 Å². The van der Waals surface area contributed by atoms with E-state index in [4.69, 9.17) is 25.1 Å². The lowest BCUT2D eigenvalue weighted by atomic mass is 10.1. The van der Waals surface area contributed by atoms with E-state index in [1.807, 2.05) is 12.1 Å². The number of hydrogen-bond donors (Lipinski definition) is 4. The van der Waals surface area contributed by atoms with Gasteiger partial charge >= 0.3 is 12.0 Å². The van der Waals surface area contributed by atoms with Gasteiger partial charge < -0.3 is 35.7 Å². The fourth-order valence-electron chi connectivity index (χ4n) is 4.59. The minimum absolute atomic E-state index is 0.108. The Hall–Kier alpha value is -4.83. The molecule has 0 fully saturated rings. The number of anilines is 2. The zero-order valence-corrected chi connectivity index (χ0v) is 22.0. The summed E-state index contributed by atoms with van der Waals surface area (Å²) in [5.74, 6) is 0.908. The molecular formula is C30H30N4O6. The van der Waals surface area contributed by atoms with E-state index in [0.29, 0.717) is 39.6 Å². The average molecular weight is 543 g/mol. The van der Waals surface area contributed by atoms with Gasteiger partial charge in [0.1, 0.15) is 17.5 Å². The van der Waals surface area contributed by atoms with Crippen molar-refractivity contribution in [2.45, 2.75) is 31.7 Å². The van der Waals surface area contributed by atoms with E-state index in [9.17, 15) is 9.59 Å². The fraction of sp³-hybridized carbons (Fsp3) is 0.233. The Morgan fingerprint density at radius 2 is 1.70 bits per heavy atom. The SMILES string of the molecule is COc1cc2c(Oc3ccc(NC(=O)Nc4ccc5c(c4)CCC5)cc3)ccnc2cc1OCC[C@H](N)C(=O)O. The first kappa shape index (κ1) is 26.8. The summed E-state index contributed by atoms with van der Waals surface area (Å²) in [5, 5.41) is 15.4. The maximum Gasteiger partial charge on any atom is 0.323 e. The van der Waals surface area contributed by atoms with Gasteiger partial charge in [0.15, 0.2) is 11.5 Å². The molecule has 1 aromatic heterocycles. The summed E-state index contributed by atoms with van der Waals surface area (Å²) in [6, 6.07) is 17.0. The molecule has 1 heterocycles. The Morgan fingerprint density at radius 1 is 0.950 bits per heavy atom. The van der Waals surface area contributed by atoms with Crippen LogP contribution < -0.4 is 30.6 Å². The molecule has 0 radical (unpaired) electrons. The minimum Gasteiger partial charge on any atom is -0.493 e. The maximum atomic E-state index is 12.5. The second kappa shape index (κ2) is 11.9. The molecule has 0 bridgehead atoms. The van der Waals surface area contributed by atoms with Crippen molar-refractivity contribution in [1.29, 1.82) is 0 Å². The topological polar surface area (TPSA) is 145 Å². The number of methoxy groups -OCH3 is 1. The summed E-state index contributed by atoms with van der Waals surface area (Å²) < 4.78 is 17.3. The zero-order valence-electron chi connectivity index (χ0n) is 22.0. The first-order valence-electron chi connectivity index (χ1n) is 13.0. The van der Waals surface area contributed by atoms with Crippen LogP contribution in [0.3, 0.4) is 0 Å². The van der Waals surface area contributed by atoms with E-state index in [1.165, 1.54) is 18.2 Å². The number of carbonyl (C=O) groups is 2. The summed E-state index contributed by atoms with van der Waals surface area (Å²) >= 11 is 0. The van der Waals surface area contributed by atoms with Gasteiger partial charge in [0.2, 0.25) is 0 Å². The molecule has 0 unspecified atom stereocenters. The molecule has 0 spiro atoms. The maximum absolute atomic E-state index is 12.5. The molecule has 0 saturated carbocycles. The van der Waals surface area contributed by atoms with E-state index in [2.05, 4.69) is 21.7 Å². The third-order valence-corrected chi connectivity index (χ3v) is 6.69. The number of rotatable bonds is 10. The highest BCUT2D eigenvalue weighted by Crippen LogP contribution is 2.37. The number of urea groups is 1. The van der Waals surface area contributed by atoms with Gasteiger partial charge in [0, 0.05) is 35.4 Å². The number of nitrogens with zero attached hydrogens (tertiary/aromatic N) is 1. The summed E-state index contributed by atoms with van der Waals surface area (Å²) in [5.41, 5.74) is 10.2. The van der Waals surface area contributed by atoms with Crippen LogP contribution in [-0.2, 0) is 17.6 Å². The van der Waals surface area contributed by atoms with Gasteiger partial charge in [-0.25, -0.2) is 4.79 Å². The summed E-state index contributed by atoms with van der Waals surface area (Å²) in [4.78, 5) is 27.8. The number of pyridine rings is 1. The Bertz CT molecular complexity index is 1540. The van der Waals surface area contributed by atoms with Crippen molar-refractivity contribution in [3.05, 3.63) is 78.0 Å². The highest BCUT2D eigenvalue weighted by atomic mass is 16.5. The largest absolute Gasteiger partial charge is 0.493 e. The van der Waals surface area contributed by atoms with Crippen molar-refractivity contribution in [2.75, 3.05) is 24.4 Å². The van der Waals surface area contributed by atoms with Crippen LogP contribution in [0.1, 0.15) is 24.0 Å². The number of aryl methyl sites for hydroxylation is 2. The van der Waals surface area contributed by atoms with E-state index >= 15 is 0 Å². The van der Waals surface area contributed by atoms with E-state index in [-0.39, 0.29) is 19.1 Å². The molecule has 1 aliphatic carbocycles. The third-order valence-electron chi connectivity index (χ3n) is 6.69. The molecule has 1 atom stereocenters. The Kier molecular flexibility index (Phi) is 7.97. The van der Waals surface area contributed by atoms with E-state index < -0.39 is 12.0 Å². The second-order valence-corrected chi connectivity index (χ2v) is 9.45. The lowest BCUT2D eigenvalue weighted by Gasteiger charge is -2.15. The molecule has 5 rings (SSSR count). The number of carboxylic acids is 1. The van der Waals surface area contributed by atoms with Crippen LogP contribution in [0, 0.1) is 0 Å². The van der Waals surface area contributed by atoms with Gasteiger partial charge in [-0.3, -0.25) is 9.78 Å². The van der Waals surface area contributed by atoms with Crippen LogP contribution in [0.4, 0.5) is 16.2 Å². The van der Waals surface area contributed by atoms with Gasteiger partial charge in [-0.2, -0.15) is 0 Å². The average Bonchev–Trinajstić information content (AvgIpc) is 3.41. The Labute approximate surface area is 231 Å². The summed E-state index contributed by atoms with van der Waals surface area (Å²) in [6.07, 6.45) is 5.07. The fourth-order valence-corrected chi connectivity index (χ4v) is 4.59. The highest BCUT2D eigenvalue weighted by molar-refractivity contribution is 5.99. The normalized spacial score (nSPS) is 12.8. The number of benzene rings is 3. The standard InChI is InChI=1S/C30H30N4O6/c1-38-27-16-23-25(17-28(27)39-14-12-24(31)29(35)36)32-13-11-26(23)40-22-9-7-20(8-10-22)33-30(37)34-21-6-5-18-3-2-4-19(18)15-21/h5-11,13,15-17,24H,2-4,12,14,31H2,1H3,(H,35,36)(H2,33,34,37)/t24-/m0/s1. The van der Waals surface area contributed by atoms with Gasteiger partial charge in [0.25, 0.3) is 0 Å². The molecule has 0 aliphatic heterocycles. The van der Waals surface area contributed by atoms with Crippen molar-refractivity contribution in [3.8, 4) is 23.0 Å². The number of nitrogens with two attached hydrogens (primary N) is 1. The van der Waals surface area contributed by atoms with Gasteiger partial charge in [-0.05, 0) is 78.9 Å². The third kappa shape index (κ3) is 6.24. The number of ether oxygens (including phenoxy) is 3. The predicted octanol–water partition coefficient (Wildman–Crippen LogP) is 5.35. The monoisotopic (exact) mass is 542 g/mol. The lowest BCUT2D eigenvalue weighted by Crippen LogP contribution is -2.31. The van der Waals surface area contributed by atoms with E-state index in [0.717, 1.165) is 24.9 Å². The molecule has 0 saturated heterocycles. The van der Waals surface area contributed by atoms with Crippen LogP contribution in [-0.4, -0.2) is 41.8 Å². The molecule has 40 heavy (non-hydrogen) atoms. The second-order valence-electron chi connectivity index (χ2n) is 9.45. The smallest absolute Gasteiger partial charge is 0.323 e. The first-order chi connectivity index (χ1) is 19.4. The minimum atomic E-state index is -1.08. The van der Waals surface area contributed by atoms with Crippen molar-refractivity contribution in [2.24, 2.45) is 5.73 Å². The molecule has 5 N–H and O–H groups in total. The Balaban J connectivity index is 1.24. The number of aliphatic carboxylic acids is 1. The molecule has 10 heteroatoms. The molecule has 3 aromatic carbocycles. The molecule has 10 nitrogen and oxygen atoms in total. The zero-order chi connectivity index (χ0) is 28.1. The number of amides is 2. The Morgan fingerprint density at radius 3 is 2.48 bits per heavy atom. The van der Waals surface area contributed by atoms with Crippen LogP contribution in [0.25, 0.3) is 10.9 Å². The quantitative estimate of drug-likeness (QED) is 0.210. The number of carbonyl (C=O) groups excluding carboxylic acids is 1. The molecule has 2 amide bonds. The van der Waals surface area contributed by atoms with Crippen molar-refractivity contribution >= 4 is 34.3 Å². The number of aromatic nitrogens is 1. The van der Waals surface area contributed by atoms with Crippen LogP contribution in [0.2, 0.25) is 0 Å². The molecule has 206 valence electrons. The number of carboxylic acid groups (broad SMARTS) is 1. The summed E-state index contributed by atoms with van der Waals surface area (Å²) in [6.45, 7) is 0.108. The number of hydrogen-bond acceptors (Lipinski definition) is 7. The molecule has 1 aliphatic rings. The van der Waals surface area contributed by atoms with Gasteiger partial charge in [-0.15, -0.1) is 0 Å². The first-order valence-corrected chi connectivity index (χ1v) is 13.0. The number of fused-ring (bicyclic) bond motifs is 2. The van der Waals surface area contributed by atoms with Crippen LogP contribution >= 0.6 is 0 Å². The van der Waals surface area contributed by atoms with Crippen LogP contribution in [0.5, 0.6) is 23.0 Å². The van der Waals surface area contributed by atoms with Gasteiger partial charge in [0.05, 0.1) is 19.2 Å². The summed E-state index contributed by atoms with van der Waals surface area (Å²) in [7, 11) is 1.51. The van der Waals surface area contributed by atoms with Crippen molar-refractivity contribution < 1.29 is 28.9 Å². The van der Waals surface area contributed by atoms with Gasteiger partial charge in [-0.1, -0.05) is 6.07 Å². The van der Waals surface area contributed by atoms with Crippen LogP contribution in [0.15, 0.2) is 66.9 Å².